The van der Waals surface area contributed by atoms with Gasteiger partial charge in [0, 0.05) is 62.3 Å². The molecule has 0 spiro atoms. The van der Waals surface area contributed by atoms with Crippen molar-refractivity contribution in [2.75, 3.05) is 36.4 Å². The molecular weight excluding hydrogens is 364 g/mol. The molecule has 1 aromatic heterocycles. The maximum Gasteiger partial charge on any atom is 0.225 e. The first-order chi connectivity index (χ1) is 14.2. The zero-order valence-corrected chi connectivity index (χ0v) is 16.7. The Kier molecular flexibility index (Phi) is 6.08. The Labute approximate surface area is 171 Å². The first kappa shape index (κ1) is 19.4. The Hall–Kier alpha value is -2.89. The van der Waals surface area contributed by atoms with Crippen LogP contribution >= 0.6 is 0 Å². The monoisotopic (exact) mass is 392 g/mol. The summed E-state index contributed by atoms with van der Waals surface area (Å²) in [6, 6.07) is 12.0. The highest BCUT2D eigenvalue weighted by atomic mass is 16.2. The molecular formula is C23H28N4O2. The molecule has 0 radical (unpaired) electrons. The van der Waals surface area contributed by atoms with E-state index in [4.69, 9.17) is 0 Å². The summed E-state index contributed by atoms with van der Waals surface area (Å²) < 4.78 is 0. The van der Waals surface area contributed by atoms with Gasteiger partial charge in [-0.3, -0.25) is 14.6 Å². The van der Waals surface area contributed by atoms with Gasteiger partial charge in [0.05, 0.1) is 0 Å². The Bertz CT molecular complexity index is 826. The number of aromatic nitrogens is 1. The molecule has 2 aromatic rings. The number of pyridine rings is 1. The van der Waals surface area contributed by atoms with Crippen molar-refractivity contribution in [3.8, 4) is 0 Å². The summed E-state index contributed by atoms with van der Waals surface area (Å²) >= 11 is 0. The van der Waals surface area contributed by atoms with Crippen LogP contribution in [0.25, 0.3) is 0 Å². The summed E-state index contributed by atoms with van der Waals surface area (Å²) in [4.78, 5) is 32.8. The highest BCUT2D eigenvalue weighted by Gasteiger charge is 2.34. The second-order valence-electron chi connectivity index (χ2n) is 7.90. The summed E-state index contributed by atoms with van der Waals surface area (Å²) in [6.45, 7) is 3.31. The normalized spacial score (nSPS) is 16.6. The summed E-state index contributed by atoms with van der Waals surface area (Å²) in [5.74, 6) is 0.675. The number of benzene rings is 1. The quantitative estimate of drug-likeness (QED) is 0.786. The van der Waals surface area contributed by atoms with Crippen LogP contribution in [0.4, 0.5) is 11.4 Å². The largest absolute Gasteiger partial charge is 0.368 e. The van der Waals surface area contributed by atoms with E-state index in [0.717, 1.165) is 68.8 Å². The topological polar surface area (TPSA) is 65.5 Å². The first-order valence-electron chi connectivity index (χ1n) is 10.5. The van der Waals surface area contributed by atoms with Crippen molar-refractivity contribution in [1.29, 1.82) is 0 Å². The molecule has 2 heterocycles. The Morgan fingerprint density at radius 3 is 2.45 bits per heavy atom. The van der Waals surface area contributed by atoms with Crippen molar-refractivity contribution >= 4 is 23.2 Å². The number of piperazine rings is 1. The average Bonchev–Trinajstić information content (AvgIpc) is 3.60. The van der Waals surface area contributed by atoms with Crippen molar-refractivity contribution in [3.05, 3.63) is 54.4 Å². The number of carbonyl (C=O) groups is 2. The molecule has 1 aromatic carbocycles. The number of anilines is 2. The number of amides is 2. The minimum Gasteiger partial charge on any atom is -0.368 e. The van der Waals surface area contributed by atoms with Crippen molar-refractivity contribution < 1.29 is 9.59 Å². The molecule has 1 saturated heterocycles. The van der Waals surface area contributed by atoms with E-state index in [1.165, 1.54) is 0 Å². The summed E-state index contributed by atoms with van der Waals surface area (Å²) in [7, 11) is 0. The minimum absolute atomic E-state index is 0.0360. The highest BCUT2D eigenvalue weighted by molar-refractivity contribution is 5.90. The number of nitrogens with one attached hydrogen (secondary N) is 1. The number of aryl methyl sites for hydroxylation is 1. The molecule has 0 unspecified atom stereocenters. The molecule has 152 valence electrons. The lowest BCUT2D eigenvalue weighted by Gasteiger charge is -2.36. The van der Waals surface area contributed by atoms with Crippen LogP contribution in [0.1, 0.15) is 31.2 Å². The van der Waals surface area contributed by atoms with Gasteiger partial charge in [-0.15, -0.1) is 0 Å². The molecule has 4 rings (SSSR count). The van der Waals surface area contributed by atoms with Gasteiger partial charge in [-0.1, -0.05) is 6.07 Å². The van der Waals surface area contributed by atoms with Gasteiger partial charge >= 0.3 is 0 Å². The van der Waals surface area contributed by atoms with E-state index in [2.05, 4.69) is 15.2 Å². The van der Waals surface area contributed by atoms with Crippen LogP contribution in [-0.4, -0.2) is 47.9 Å². The fourth-order valence-electron chi connectivity index (χ4n) is 3.75. The second kappa shape index (κ2) is 9.07. The first-order valence-corrected chi connectivity index (χ1v) is 10.5. The van der Waals surface area contributed by atoms with Crippen molar-refractivity contribution in [1.82, 2.24) is 9.88 Å². The fraction of sp³-hybridized carbons (Fsp3) is 0.435. The molecule has 6 heteroatoms. The van der Waals surface area contributed by atoms with Crippen LogP contribution < -0.4 is 10.2 Å². The molecule has 2 aliphatic rings. The summed E-state index contributed by atoms with van der Waals surface area (Å²) in [5.41, 5.74) is 3.12. The van der Waals surface area contributed by atoms with E-state index in [-0.39, 0.29) is 5.91 Å². The third-order valence-corrected chi connectivity index (χ3v) is 5.63. The van der Waals surface area contributed by atoms with E-state index < -0.39 is 0 Å². The molecule has 0 bridgehead atoms. The molecule has 29 heavy (non-hydrogen) atoms. The zero-order chi connectivity index (χ0) is 20.1. The van der Waals surface area contributed by atoms with E-state index in [1.807, 2.05) is 47.5 Å². The number of hydrogen-bond acceptors (Lipinski definition) is 4. The van der Waals surface area contributed by atoms with Crippen LogP contribution in [-0.2, 0) is 16.0 Å². The van der Waals surface area contributed by atoms with Gasteiger partial charge in [-0.2, -0.15) is 0 Å². The lowest BCUT2D eigenvalue weighted by atomic mass is 10.1. The lowest BCUT2D eigenvalue weighted by molar-refractivity contribution is -0.132. The van der Waals surface area contributed by atoms with Crippen LogP contribution in [0, 0.1) is 5.92 Å². The summed E-state index contributed by atoms with van der Waals surface area (Å²) in [5, 5.41) is 2.97. The second-order valence-corrected chi connectivity index (χ2v) is 7.90. The van der Waals surface area contributed by atoms with Crippen molar-refractivity contribution in [2.24, 2.45) is 5.92 Å². The maximum absolute atomic E-state index is 12.2. The predicted molar refractivity (Wildman–Crippen MR) is 114 cm³/mol. The molecule has 0 atom stereocenters. The molecule has 1 saturated carbocycles. The minimum atomic E-state index is 0.0360. The molecule has 2 amide bonds. The van der Waals surface area contributed by atoms with Gasteiger partial charge in [-0.05, 0) is 61.6 Å². The van der Waals surface area contributed by atoms with Gasteiger partial charge in [0.15, 0.2) is 0 Å². The Morgan fingerprint density at radius 1 is 1.03 bits per heavy atom. The smallest absolute Gasteiger partial charge is 0.225 e. The number of rotatable bonds is 7. The summed E-state index contributed by atoms with van der Waals surface area (Å²) in [6.07, 6.45) is 7.89. The molecule has 6 nitrogen and oxygen atoms in total. The van der Waals surface area contributed by atoms with Crippen LogP contribution in [0.2, 0.25) is 0 Å². The highest BCUT2D eigenvalue weighted by Crippen LogP contribution is 2.31. The molecule has 1 N–H and O–H groups in total. The van der Waals surface area contributed by atoms with Crippen LogP contribution in [0.15, 0.2) is 48.8 Å². The number of nitrogens with zero attached hydrogens (tertiary/aromatic N) is 3. The lowest BCUT2D eigenvalue weighted by Crippen LogP contribution is -2.49. The third-order valence-electron chi connectivity index (χ3n) is 5.63. The van der Waals surface area contributed by atoms with Gasteiger partial charge in [0.1, 0.15) is 0 Å². The number of carbonyl (C=O) groups excluding carboxylic acids is 2. The average molecular weight is 393 g/mol. The van der Waals surface area contributed by atoms with E-state index in [1.54, 1.807) is 6.20 Å². The molecule has 2 fully saturated rings. The molecule has 1 aliphatic carbocycles. The SMILES string of the molecule is O=C(CCCc1cccnc1)Nc1ccc(N2CCN(C(=O)C3CC3)CC2)cc1. The van der Waals surface area contributed by atoms with Crippen molar-refractivity contribution in [2.45, 2.75) is 32.1 Å². The number of hydrogen-bond donors (Lipinski definition) is 1. The van der Waals surface area contributed by atoms with Crippen LogP contribution in [0.3, 0.4) is 0 Å². The van der Waals surface area contributed by atoms with Gasteiger partial charge in [-0.25, -0.2) is 0 Å². The Balaban J connectivity index is 1.21. The fourth-order valence-corrected chi connectivity index (χ4v) is 3.75. The van der Waals surface area contributed by atoms with E-state index in [0.29, 0.717) is 18.2 Å². The standard InChI is InChI=1S/C23H28N4O2/c28-22(5-1-3-18-4-2-12-24-17-18)25-20-8-10-21(11-9-20)26-13-15-27(16-14-26)23(29)19-6-7-19/h2,4,8-12,17,19H,1,3,5-7,13-16H2,(H,25,28). The van der Waals surface area contributed by atoms with Gasteiger partial charge in [0.25, 0.3) is 0 Å². The van der Waals surface area contributed by atoms with Gasteiger partial charge in [0.2, 0.25) is 11.8 Å². The maximum atomic E-state index is 12.2. The Morgan fingerprint density at radius 2 is 1.79 bits per heavy atom. The third kappa shape index (κ3) is 5.34. The van der Waals surface area contributed by atoms with E-state index in [9.17, 15) is 9.59 Å². The van der Waals surface area contributed by atoms with Crippen LogP contribution in [0.5, 0.6) is 0 Å². The van der Waals surface area contributed by atoms with Gasteiger partial charge < -0.3 is 15.1 Å². The van der Waals surface area contributed by atoms with E-state index >= 15 is 0 Å². The zero-order valence-electron chi connectivity index (χ0n) is 16.7. The van der Waals surface area contributed by atoms with Crippen molar-refractivity contribution in [3.63, 3.8) is 0 Å². The molecule has 1 aliphatic heterocycles. The predicted octanol–water partition coefficient (Wildman–Crippen LogP) is 3.10.